The number of thioether (sulfide) groups is 1. The monoisotopic (exact) mass is 459 g/mol. The molecule has 1 aliphatic rings. The highest BCUT2D eigenvalue weighted by atomic mass is 35.5. The lowest BCUT2D eigenvalue weighted by Gasteiger charge is -2.28. The average molecular weight is 460 g/mol. The van der Waals surface area contributed by atoms with Gasteiger partial charge in [-0.2, -0.15) is 0 Å². The highest BCUT2D eigenvalue weighted by Gasteiger charge is 2.34. The molecular weight excluding hydrogens is 438 g/mol. The number of anilines is 1. The molecule has 2 aromatic carbocycles. The highest BCUT2D eigenvalue weighted by Crippen LogP contribution is 2.42. The van der Waals surface area contributed by atoms with Crippen LogP contribution in [0.2, 0.25) is 5.02 Å². The molecule has 0 saturated carbocycles. The molecular formula is C22H22ClN3O2S2. The minimum atomic E-state index is -3.69. The predicted molar refractivity (Wildman–Crippen MR) is 123 cm³/mol. The molecule has 156 valence electrons. The van der Waals surface area contributed by atoms with Gasteiger partial charge in [-0.15, -0.1) is 0 Å². The highest BCUT2D eigenvalue weighted by molar-refractivity contribution is 7.98. The number of sulfonamides is 1. The Morgan fingerprint density at radius 1 is 1.10 bits per heavy atom. The van der Waals surface area contributed by atoms with Crippen LogP contribution in [0.25, 0.3) is 11.3 Å². The quantitative estimate of drug-likeness (QED) is 0.381. The molecule has 0 aliphatic carbocycles. The second-order valence-electron chi connectivity index (χ2n) is 8.24. The van der Waals surface area contributed by atoms with E-state index in [2.05, 4.69) is 55.0 Å². The summed E-state index contributed by atoms with van der Waals surface area (Å²) in [6.45, 7) is 6.56. The zero-order chi connectivity index (χ0) is 21.7. The maximum absolute atomic E-state index is 12.9. The molecule has 0 spiro atoms. The number of rotatable bonds is 3. The fraction of sp³-hybridized carbons (Fsp3) is 0.273. The third-order valence-corrected chi connectivity index (χ3v) is 8.05. The van der Waals surface area contributed by atoms with Gasteiger partial charge in [0.25, 0.3) is 10.0 Å². The van der Waals surface area contributed by atoms with Crippen molar-refractivity contribution in [3.8, 4) is 11.3 Å². The molecule has 1 aliphatic heterocycles. The van der Waals surface area contributed by atoms with Crippen LogP contribution in [-0.2, 0) is 21.2 Å². The standard InChI is InChI=1S/C22H22ClN3O2S2/c1-22(2,3)15-7-5-14(6-8-15)13-29-21-24-12-19-20(25-21)17-11-16(23)9-10-18(17)26(4)30(19,27)28/h5-12H,13H2,1-4H3. The molecule has 0 N–H and O–H groups in total. The van der Waals surface area contributed by atoms with E-state index in [1.54, 1.807) is 18.2 Å². The van der Waals surface area contributed by atoms with E-state index in [1.807, 2.05) is 0 Å². The van der Waals surface area contributed by atoms with E-state index in [0.29, 0.717) is 32.9 Å². The van der Waals surface area contributed by atoms with E-state index in [9.17, 15) is 8.42 Å². The normalized spacial score (nSPS) is 14.9. The first-order valence-corrected chi connectivity index (χ1v) is 12.3. The van der Waals surface area contributed by atoms with Gasteiger partial charge in [0.05, 0.1) is 17.6 Å². The number of fused-ring (bicyclic) bond motifs is 3. The number of aromatic nitrogens is 2. The van der Waals surface area contributed by atoms with Gasteiger partial charge >= 0.3 is 0 Å². The second-order valence-corrected chi connectivity index (χ2v) is 11.6. The van der Waals surface area contributed by atoms with Crippen LogP contribution >= 0.6 is 23.4 Å². The Bertz CT molecular complexity index is 1220. The zero-order valence-electron chi connectivity index (χ0n) is 17.2. The summed E-state index contributed by atoms with van der Waals surface area (Å²) in [5, 5.41) is 1.05. The van der Waals surface area contributed by atoms with Crippen molar-refractivity contribution in [2.45, 2.75) is 42.0 Å². The van der Waals surface area contributed by atoms with Gasteiger partial charge in [0.1, 0.15) is 4.90 Å². The minimum absolute atomic E-state index is 0.0960. The summed E-state index contributed by atoms with van der Waals surface area (Å²) in [6.07, 6.45) is 1.39. The number of hydrogen-bond acceptors (Lipinski definition) is 5. The Morgan fingerprint density at radius 3 is 2.47 bits per heavy atom. The molecule has 0 atom stereocenters. The molecule has 4 rings (SSSR count). The van der Waals surface area contributed by atoms with Gasteiger partial charge in [-0.25, -0.2) is 18.4 Å². The number of hydrogen-bond donors (Lipinski definition) is 0. The van der Waals surface area contributed by atoms with Crippen molar-refractivity contribution >= 4 is 39.1 Å². The van der Waals surface area contributed by atoms with Crippen LogP contribution in [0.15, 0.2) is 58.7 Å². The molecule has 0 bridgehead atoms. The topological polar surface area (TPSA) is 63.2 Å². The first-order chi connectivity index (χ1) is 14.1. The third-order valence-electron chi connectivity index (χ3n) is 5.11. The van der Waals surface area contributed by atoms with Crippen molar-refractivity contribution in [2.24, 2.45) is 0 Å². The molecule has 0 fully saturated rings. The minimum Gasteiger partial charge on any atom is -0.269 e. The molecule has 8 heteroatoms. The third kappa shape index (κ3) is 3.82. The molecule has 0 saturated heterocycles. The Kier molecular flexibility index (Phi) is 5.33. The van der Waals surface area contributed by atoms with Gasteiger partial charge in [0, 0.05) is 23.4 Å². The van der Waals surface area contributed by atoms with E-state index in [-0.39, 0.29) is 10.3 Å². The average Bonchev–Trinajstić information content (AvgIpc) is 2.70. The number of nitrogens with zero attached hydrogens (tertiary/aromatic N) is 3. The van der Waals surface area contributed by atoms with Crippen LogP contribution in [0.5, 0.6) is 0 Å². The summed E-state index contributed by atoms with van der Waals surface area (Å²) in [7, 11) is -2.17. The zero-order valence-corrected chi connectivity index (χ0v) is 19.6. The summed E-state index contributed by atoms with van der Waals surface area (Å²) < 4.78 is 27.0. The van der Waals surface area contributed by atoms with Crippen molar-refractivity contribution in [1.29, 1.82) is 0 Å². The van der Waals surface area contributed by atoms with Crippen LogP contribution < -0.4 is 4.31 Å². The Morgan fingerprint density at radius 2 is 1.80 bits per heavy atom. The van der Waals surface area contributed by atoms with Crippen molar-refractivity contribution in [3.63, 3.8) is 0 Å². The number of halogens is 1. The van der Waals surface area contributed by atoms with Gasteiger partial charge in [-0.1, -0.05) is 68.4 Å². The van der Waals surface area contributed by atoms with Crippen LogP contribution in [0.4, 0.5) is 5.69 Å². The van der Waals surface area contributed by atoms with Gasteiger partial charge in [0.15, 0.2) is 5.16 Å². The molecule has 0 unspecified atom stereocenters. The first-order valence-electron chi connectivity index (χ1n) is 9.45. The second kappa shape index (κ2) is 7.55. The summed E-state index contributed by atoms with van der Waals surface area (Å²) in [5.41, 5.74) is 4.19. The van der Waals surface area contributed by atoms with Crippen molar-refractivity contribution in [2.75, 3.05) is 11.4 Å². The lowest BCUT2D eigenvalue weighted by Crippen LogP contribution is -2.31. The summed E-state index contributed by atoms with van der Waals surface area (Å²) in [5.74, 6) is 0.693. The summed E-state index contributed by atoms with van der Waals surface area (Å²) in [4.78, 5) is 8.98. The lowest BCUT2D eigenvalue weighted by molar-refractivity contribution is 0.590. The maximum atomic E-state index is 12.9. The maximum Gasteiger partial charge on any atom is 0.267 e. The molecule has 0 amide bonds. The van der Waals surface area contributed by atoms with Gasteiger partial charge < -0.3 is 0 Å². The van der Waals surface area contributed by atoms with Crippen LogP contribution in [0.1, 0.15) is 31.9 Å². The van der Waals surface area contributed by atoms with E-state index in [4.69, 9.17) is 11.6 Å². The fourth-order valence-corrected chi connectivity index (χ4v) is 5.55. The lowest BCUT2D eigenvalue weighted by atomic mass is 9.87. The summed E-state index contributed by atoms with van der Waals surface area (Å²) >= 11 is 7.65. The number of benzene rings is 2. The molecule has 30 heavy (non-hydrogen) atoms. The Labute approximate surface area is 186 Å². The van der Waals surface area contributed by atoms with Gasteiger partial charge in [-0.05, 0) is 34.7 Å². The van der Waals surface area contributed by atoms with E-state index in [0.717, 1.165) is 5.56 Å². The van der Waals surface area contributed by atoms with E-state index >= 15 is 0 Å². The van der Waals surface area contributed by atoms with Crippen LogP contribution in [0.3, 0.4) is 0 Å². The van der Waals surface area contributed by atoms with E-state index in [1.165, 1.54) is 34.9 Å². The predicted octanol–water partition coefficient (Wildman–Crippen LogP) is 5.53. The molecule has 1 aromatic heterocycles. The van der Waals surface area contributed by atoms with E-state index < -0.39 is 10.0 Å². The first kappa shape index (κ1) is 21.2. The van der Waals surface area contributed by atoms with Crippen molar-refractivity contribution in [3.05, 3.63) is 64.8 Å². The van der Waals surface area contributed by atoms with Crippen LogP contribution in [0, 0.1) is 0 Å². The Balaban J connectivity index is 1.65. The molecule has 2 heterocycles. The molecule has 5 nitrogen and oxygen atoms in total. The van der Waals surface area contributed by atoms with Crippen molar-refractivity contribution in [1.82, 2.24) is 9.97 Å². The van der Waals surface area contributed by atoms with Gasteiger partial charge in [-0.3, -0.25) is 4.31 Å². The SMILES string of the molecule is CN1c2ccc(Cl)cc2-c2nc(SCc3ccc(C(C)(C)C)cc3)ncc2S1(=O)=O. The fourth-order valence-electron chi connectivity index (χ4n) is 3.30. The smallest absolute Gasteiger partial charge is 0.267 e. The Hall–Kier alpha value is -2.09. The molecule has 0 radical (unpaired) electrons. The molecule has 3 aromatic rings. The van der Waals surface area contributed by atoms with Crippen molar-refractivity contribution < 1.29 is 8.42 Å². The largest absolute Gasteiger partial charge is 0.269 e. The summed E-state index contributed by atoms with van der Waals surface area (Å²) in [6, 6.07) is 13.6. The van der Waals surface area contributed by atoms with Crippen LogP contribution in [-0.4, -0.2) is 25.4 Å². The van der Waals surface area contributed by atoms with Gasteiger partial charge in [0.2, 0.25) is 0 Å².